The van der Waals surface area contributed by atoms with Gasteiger partial charge in [0, 0.05) is 25.5 Å². The molecule has 2 aliphatic rings. The molecule has 5 nitrogen and oxygen atoms in total. The zero-order valence-electron chi connectivity index (χ0n) is 10.5. The van der Waals surface area contributed by atoms with Gasteiger partial charge in [0.1, 0.15) is 5.82 Å². The highest BCUT2D eigenvalue weighted by Gasteiger charge is 2.55. The molecule has 2 fully saturated rings. The van der Waals surface area contributed by atoms with Gasteiger partial charge in [-0.1, -0.05) is 6.42 Å². The van der Waals surface area contributed by atoms with Crippen molar-refractivity contribution in [1.82, 2.24) is 9.97 Å². The zero-order chi connectivity index (χ0) is 12.6. The molecular formula is C13H17N3O2. The molecule has 1 saturated carbocycles. The predicted octanol–water partition coefficient (Wildman–Crippen LogP) is 1.26. The fraction of sp³-hybridized carbons (Fsp3) is 0.615. The molecule has 1 aliphatic carbocycles. The predicted molar refractivity (Wildman–Crippen MR) is 66.0 cm³/mol. The quantitative estimate of drug-likeness (QED) is 0.736. The Labute approximate surface area is 106 Å². The molecule has 5 heteroatoms. The molecule has 1 saturated heterocycles. The summed E-state index contributed by atoms with van der Waals surface area (Å²) in [7, 11) is 1.48. The number of hydrogen-bond donors (Lipinski definition) is 0. The number of rotatable bonds is 2. The minimum atomic E-state index is -0.313. The standard InChI is InChI=1S/C13H17N3O2/c1-18-12(17)13-4-2-3-10(13)8-16(9-13)11-7-14-5-6-15-11/h5-7,10H,2-4,8-9H2,1H3. The first kappa shape index (κ1) is 11.4. The summed E-state index contributed by atoms with van der Waals surface area (Å²) in [5.74, 6) is 1.19. The maximum atomic E-state index is 12.1. The van der Waals surface area contributed by atoms with Crippen molar-refractivity contribution in [3.8, 4) is 0 Å². The average molecular weight is 247 g/mol. The number of carbonyl (C=O) groups excluding carboxylic acids is 1. The average Bonchev–Trinajstić information content (AvgIpc) is 2.96. The van der Waals surface area contributed by atoms with Crippen LogP contribution in [0.15, 0.2) is 18.6 Å². The Bertz CT molecular complexity index is 451. The lowest BCUT2D eigenvalue weighted by Crippen LogP contribution is -2.37. The highest BCUT2D eigenvalue weighted by Crippen LogP contribution is 2.50. The second-order valence-electron chi connectivity index (χ2n) is 5.18. The molecule has 0 radical (unpaired) electrons. The molecule has 96 valence electrons. The van der Waals surface area contributed by atoms with Crippen molar-refractivity contribution in [3.05, 3.63) is 18.6 Å². The second-order valence-corrected chi connectivity index (χ2v) is 5.18. The van der Waals surface area contributed by atoms with E-state index in [9.17, 15) is 4.79 Å². The topological polar surface area (TPSA) is 55.3 Å². The maximum absolute atomic E-state index is 12.1. The van der Waals surface area contributed by atoms with Crippen LogP contribution >= 0.6 is 0 Å². The summed E-state index contributed by atoms with van der Waals surface area (Å²) in [5, 5.41) is 0. The van der Waals surface area contributed by atoms with E-state index in [1.54, 1.807) is 18.6 Å². The lowest BCUT2D eigenvalue weighted by Gasteiger charge is -2.25. The van der Waals surface area contributed by atoms with E-state index < -0.39 is 0 Å². The smallest absolute Gasteiger partial charge is 0.313 e. The Hall–Kier alpha value is -1.65. The molecule has 1 aromatic rings. The number of ether oxygens (including phenoxy) is 1. The molecule has 1 aromatic heterocycles. The molecule has 2 unspecified atom stereocenters. The van der Waals surface area contributed by atoms with Gasteiger partial charge in [-0.15, -0.1) is 0 Å². The lowest BCUT2D eigenvalue weighted by molar-refractivity contribution is -0.152. The summed E-state index contributed by atoms with van der Waals surface area (Å²) in [4.78, 5) is 22.7. The summed E-state index contributed by atoms with van der Waals surface area (Å²) in [6.07, 6.45) is 8.26. The lowest BCUT2D eigenvalue weighted by atomic mass is 9.81. The molecular weight excluding hydrogens is 230 g/mol. The highest BCUT2D eigenvalue weighted by atomic mass is 16.5. The number of fused-ring (bicyclic) bond motifs is 1. The van der Waals surface area contributed by atoms with Gasteiger partial charge in [0.2, 0.25) is 0 Å². The van der Waals surface area contributed by atoms with E-state index in [-0.39, 0.29) is 11.4 Å². The molecule has 2 heterocycles. The summed E-state index contributed by atoms with van der Waals surface area (Å²) in [6.45, 7) is 1.59. The van der Waals surface area contributed by atoms with E-state index in [1.165, 1.54) is 7.11 Å². The first-order chi connectivity index (χ1) is 8.76. The van der Waals surface area contributed by atoms with Gasteiger partial charge in [-0.25, -0.2) is 4.98 Å². The normalized spacial score (nSPS) is 30.3. The van der Waals surface area contributed by atoms with Crippen LogP contribution in [0.5, 0.6) is 0 Å². The number of esters is 1. The fourth-order valence-electron chi connectivity index (χ4n) is 3.46. The van der Waals surface area contributed by atoms with Crippen LogP contribution in [0.3, 0.4) is 0 Å². The van der Waals surface area contributed by atoms with Crippen molar-refractivity contribution in [2.45, 2.75) is 19.3 Å². The molecule has 18 heavy (non-hydrogen) atoms. The third-order valence-corrected chi connectivity index (χ3v) is 4.34. The summed E-state index contributed by atoms with van der Waals surface area (Å²) in [6, 6.07) is 0. The second kappa shape index (κ2) is 4.23. The number of methoxy groups -OCH3 is 1. The Balaban J connectivity index is 1.87. The van der Waals surface area contributed by atoms with Crippen LogP contribution < -0.4 is 4.90 Å². The van der Waals surface area contributed by atoms with Gasteiger partial charge in [-0.2, -0.15) is 0 Å². The van der Waals surface area contributed by atoms with Gasteiger partial charge in [0.15, 0.2) is 0 Å². The van der Waals surface area contributed by atoms with Crippen molar-refractivity contribution < 1.29 is 9.53 Å². The molecule has 3 rings (SSSR count). The number of anilines is 1. The van der Waals surface area contributed by atoms with E-state index >= 15 is 0 Å². The van der Waals surface area contributed by atoms with Crippen LogP contribution in [-0.4, -0.2) is 36.1 Å². The minimum absolute atomic E-state index is 0.0589. The van der Waals surface area contributed by atoms with Gasteiger partial charge in [0.05, 0.1) is 18.7 Å². The van der Waals surface area contributed by atoms with Crippen molar-refractivity contribution >= 4 is 11.8 Å². The van der Waals surface area contributed by atoms with Crippen LogP contribution in [0.4, 0.5) is 5.82 Å². The third-order valence-electron chi connectivity index (χ3n) is 4.34. The third kappa shape index (κ3) is 1.57. The summed E-state index contributed by atoms with van der Waals surface area (Å²) < 4.78 is 5.02. The zero-order valence-corrected chi connectivity index (χ0v) is 10.5. The number of aromatic nitrogens is 2. The van der Waals surface area contributed by atoms with Crippen molar-refractivity contribution in [2.24, 2.45) is 11.3 Å². The van der Waals surface area contributed by atoms with Crippen LogP contribution in [0.2, 0.25) is 0 Å². The number of hydrogen-bond acceptors (Lipinski definition) is 5. The van der Waals surface area contributed by atoms with E-state index in [0.717, 1.165) is 31.6 Å². The molecule has 1 aliphatic heterocycles. The van der Waals surface area contributed by atoms with Crippen LogP contribution in [0, 0.1) is 11.3 Å². The Morgan fingerprint density at radius 1 is 1.56 bits per heavy atom. The Kier molecular flexibility index (Phi) is 2.69. The monoisotopic (exact) mass is 247 g/mol. The fourth-order valence-corrected chi connectivity index (χ4v) is 3.46. The largest absolute Gasteiger partial charge is 0.469 e. The van der Waals surface area contributed by atoms with E-state index in [0.29, 0.717) is 12.5 Å². The summed E-state index contributed by atoms with van der Waals surface area (Å²) >= 11 is 0. The van der Waals surface area contributed by atoms with Gasteiger partial charge in [-0.05, 0) is 18.8 Å². The van der Waals surface area contributed by atoms with Gasteiger partial charge >= 0.3 is 5.97 Å². The van der Waals surface area contributed by atoms with Crippen LogP contribution in [-0.2, 0) is 9.53 Å². The van der Waals surface area contributed by atoms with E-state index in [2.05, 4.69) is 14.9 Å². The number of nitrogens with zero attached hydrogens (tertiary/aromatic N) is 3. The van der Waals surface area contributed by atoms with Gasteiger partial charge < -0.3 is 9.64 Å². The van der Waals surface area contributed by atoms with Gasteiger partial charge in [-0.3, -0.25) is 9.78 Å². The molecule has 0 bridgehead atoms. The molecule has 2 atom stereocenters. The van der Waals surface area contributed by atoms with Crippen LogP contribution in [0.1, 0.15) is 19.3 Å². The first-order valence-corrected chi connectivity index (χ1v) is 6.36. The Morgan fingerprint density at radius 2 is 2.44 bits per heavy atom. The van der Waals surface area contributed by atoms with E-state index in [1.807, 2.05) is 0 Å². The molecule has 0 amide bonds. The molecule has 0 spiro atoms. The SMILES string of the molecule is COC(=O)C12CCCC1CN(c1cnccn1)C2. The molecule has 0 aromatic carbocycles. The molecule has 0 N–H and O–H groups in total. The maximum Gasteiger partial charge on any atom is 0.313 e. The summed E-state index contributed by atoms with van der Waals surface area (Å²) in [5.41, 5.74) is -0.313. The minimum Gasteiger partial charge on any atom is -0.469 e. The first-order valence-electron chi connectivity index (χ1n) is 6.36. The Morgan fingerprint density at radius 3 is 3.17 bits per heavy atom. The van der Waals surface area contributed by atoms with E-state index in [4.69, 9.17) is 4.74 Å². The van der Waals surface area contributed by atoms with Crippen molar-refractivity contribution in [1.29, 1.82) is 0 Å². The van der Waals surface area contributed by atoms with Crippen molar-refractivity contribution in [3.63, 3.8) is 0 Å². The van der Waals surface area contributed by atoms with Gasteiger partial charge in [0.25, 0.3) is 0 Å². The van der Waals surface area contributed by atoms with Crippen LogP contribution in [0.25, 0.3) is 0 Å². The number of carbonyl (C=O) groups is 1. The van der Waals surface area contributed by atoms with Crippen molar-refractivity contribution in [2.75, 3.05) is 25.1 Å². The highest BCUT2D eigenvalue weighted by molar-refractivity contribution is 5.79.